The lowest BCUT2D eigenvalue weighted by molar-refractivity contribution is -0.137. The Labute approximate surface area is 211 Å². The quantitative estimate of drug-likeness (QED) is 0.363. The van der Waals surface area contributed by atoms with Gasteiger partial charge in [0.25, 0.3) is 5.91 Å². The molecule has 1 fully saturated rings. The third-order valence-corrected chi connectivity index (χ3v) is 8.39. The van der Waals surface area contributed by atoms with E-state index in [0.717, 1.165) is 29.0 Å². The molecule has 0 unspecified atom stereocenters. The Hall–Kier alpha value is -3.70. The van der Waals surface area contributed by atoms with Gasteiger partial charge in [0.2, 0.25) is 10.0 Å². The lowest BCUT2D eigenvalue weighted by Crippen LogP contribution is -2.38. The van der Waals surface area contributed by atoms with Gasteiger partial charge in [-0.05, 0) is 61.4 Å². The van der Waals surface area contributed by atoms with Gasteiger partial charge in [-0.15, -0.1) is 0 Å². The van der Waals surface area contributed by atoms with Gasteiger partial charge in [-0.3, -0.25) is 4.79 Å². The summed E-state index contributed by atoms with van der Waals surface area (Å²) in [5, 5.41) is 2.41. The van der Waals surface area contributed by atoms with Gasteiger partial charge in [0, 0.05) is 24.7 Å². The lowest BCUT2D eigenvalue weighted by atomic mass is 9.97. The van der Waals surface area contributed by atoms with Gasteiger partial charge in [0.1, 0.15) is 5.82 Å². The molecule has 1 saturated heterocycles. The van der Waals surface area contributed by atoms with E-state index in [9.17, 15) is 26.4 Å². The van der Waals surface area contributed by atoms with Crippen LogP contribution in [0.15, 0.2) is 77.7 Å². The molecule has 1 aliphatic rings. The van der Waals surface area contributed by atoms with E-state index in [4.69, 9.17) is 0 Å². The van der Waals surface area contributed by atoms with Gasteiger partial charge in [0.15, 0.2) is 0 Å². The van der Waals surface area contributed by atoms with E-state index in [0.29, 0.717) is 25.9 Å². The number of hydrogen-bond acceptors (Lipinski definition) is 4. The molecule has 7 nitrogen and oxygen atoms in total. The number of sulfonamides is 1. The van der Waals surface area contributed by atoms with Crippen molar-refractivity contribution < 1.29 is 26.4 Å². The fourth-order valence-corrected chi connectivity index (χ4v) is 5.99. The number of piperidine rings is 1. The zero-order valence-electron chi connectivity index (χ0n) is 19.5. The molecule has 11 heteroatoms. The van der Waals surface area contributed by atoms with Crippen LogP contribution in [0.4, 0.5) is 18.9 Å². The predicted molar refractivity (Wildman–Crippen MR) is 133 cm³/mol. The molecule has 0 spiro atoms. The number of nitrogens with one attached hydrogen (secondary N) is 2. The summed E-state index contributed by atoms with van der Waals surface area (Å²) in [5.74, 6) is 0.0395. The molecule has 1 amide bonds. The number of para-hydroxylation sites is 2. The molecule has 0 saturated carbocycles. The number of fused-ring (bicyclic) bond motifs is 1. The first kappa shape index (κ1) is 25.0. The smallest absolute Gasteiger partial charge is 0.342 e. The molecule has 0 atom stereocenters. The van der Waals surface area contributed by atoms with Crippen molar-refractivity contribution in [3.63, 3.8) is 0 Å². The van der Waals surface area contributed by atoms with E-state index in [1.165, 1.54) is 40.7 Å². The number of aromatic nitrogens is 2. The molecule has 1 aliphatic heterocycles. The number of amides is 1. The van der Waals surface area contributed by atoms with E-state index in [2.05, 4.69) is 15.3 Å². The van der Waals surface area contributed by atoms with E-state index in [1.807, 2.05) is 24.3 Å². The molecule has 4 aromatic rings. The molecular formula is C26H23F3N4O3S. The maximum Gasteiger partial charge on any atom is 0.417 e. The minimum Gasteiger partial charge on any atom is -0.342 e. The maximum atomic E-state index is 13.2. The predicted octanol–water partition coefficient (Wildman–Crippen LogP) is 5.40. The van der Waals surface area contributed by atoms with Crippen molar-refractivity contribution in [3.8, 4) is 0 Å². The summed E-state index contributed by atoms with van der Waals surface area (Å²) >= 11 is 0. The molecule has 2 N–H and O–H groups in total. The van der Waals surface area contributed by atoms with Crippen molar-refractivity contribution in [2.75, 3.05) is 18.4 Å². The van der Waals surface area contributed by atoms with Crippen LogP contribution < -0.4 is 5.32 Å². The van der Waals surface area contributed by atoms with Crippen LogP contribution >= 0.6 is 0 Å². The highest BCUT2D eigenvalue weighted by Crippen LogP contribution is 2.33. The second-order valence-corrected chi connectivity index (χ2v) is 10.8. The number of imidazole rings is 1. The molecule has 3 aromatic carbocycles. The molecule has 1 aromatic heterocycles. The number of hydrogen-bond donors (Lipinski definition) is 2. The number of anilines is 1. The number of alkyl halides is 3. The van der Waals surface area contributed by atoms with Gasteiger partial charge in [-0.25, -0.2) is 13.4 Å². The summed E-state index contributed by atoms with van der Waals surface area (Å²) in [7, 11) is -3.77. The van der Waals surface area contributed by atoms with Crippen LogP contribution in [-0.4, -0.2) is 41.7 Å². The summed E-state index contributed by atoms with van der Waals surface area (Å²) in [6.07, 6.45) is -3.44. The Bertz CT molecular complexity index is 1510. The van der Waals surface area contributed by atoms with Gasteiger partial charge >= 0.3 is 6.18 Å². The Kier molecular flexibility index (Phi) is 6.50. The van der Waals surface area contributed by atoms with Crippen molar-refractivity contribution in [3.05, 3.63) is 89.7 Å². The van der Waals surface area contributed by atoms with Crippen LogP contribution in [0, 0.1) is 0 Å². The highest BCUT2D eigenvalue weighted by Gasteiger charge is 2.35. The van der Waals surface area contributed by atoms with Crippen LogP contribution in [0.5, 0.6) is 0 Å². The van der Waals surface area contributed by atoms with Gasteiger partial charge in [0.05, 0.1) is 27.1 Å². The molecule has 2 heterocycles. The largest absolute Gasteiger partial charge is 0.417 e. The summed E-state index contributed by atoms with van der Waals surface area (Å²) < 4.78 is 67.4. The first-order chi connectivity index (χ1) is 17.6. The monoisotopic (exact) mass is 528 g/mol. The highest BCUT2D eigenvalue weighted by molar-refractivity contribution is 7.89. The third kappa shape index (κ3) is 5.09. The number of H-pyrrole nitrogens is 1. The van der Waals surface area contributed by atoms with Crippen molar-refractivity contribution in [2.45, 2.75) is 29.8 Å². The van der Waals surface area contributed by atoms with Crippen molar-refractivity contribution in [1.29, 1.82) is 0 Å². The fraction of sp³-hybridized carbons (Fsp3) is 0.231. The number of carbonyl (C=O) groups is 1. The summed E-state index contributed by atoms with van der Waals surface area (Å²) in [6, 6.07) is 17.6. The van der Waals surface area contributed by atoms with Crippen LogP contribution in [0.3, 0.4) is 0 Å². The second kappa shape index (κ2) is 9.64. The summed E-state index contributed by atoms with van der Waals surface area (Å²) in [4.78, 5) is 20.5. The topological polar surface area (TPSA) is 95.2 Å². The second-order valence-electron chi connectivity index (χ2n) is 8.84. The van der Waals surface area contributed by atoms with Crippen LogP contribution in [0.1, 0.15) is 40.5 Å². The number of halogens is 3. The molecule has 0 bridgehead atoms. The minimum absolute atomic E-state index is 0.0448. The first-order valence-electron chi connectivity index (χ1n) is 11.7. The van der Waals surface area contributed by atoms with Crippen LogP contribution in [-0.2, 0) is 16.2 Å². The third-order valence-electron chi connectivity index (χ3n) is 6.48. The van der Waals surface area contributed by atoms with Gasteiger partial charge in [-0.1, -0.05) is 24.3 Å². The van der Waals surface area contributed by atoms with E-state index in [-0.39, 0.29) is 16.5 Å². The Morgan fingerprint density at radius 3 is 2.27 bits per heavy atom. The number of rotatable bonds is 5. The van der Waals surface area contributed by atoms with E-state index in [1.54, 1.807) is 0 Å². The molecule has 0 aliphatic carbocycles. The Morgan fingerprint density at radius 2 is 1.59 bits per heavy atom. The van der Waals surface area contributed by atoms with Crippen molar-refractivity contribution >= 4 is 32.7 Å². The molecular weight excluding hydrogens is 505 g/mol. The average molecular weight is 529 g/mol. The normalized spacial score (nSPS) is 15.6. The van der Waals surface area contributed by atoms with E-state index >= 15 is 0 Å². The minimum atomic E-state index is -4.68. The number of benzene rings is 3. The van der Waals surface area contributed by atoms with E-state index < -0.39 is 33.2 Å². The number of nitrogens with zero attached hydrogens (tertiary/aromatic N) is 2. The van der Waals surface area contributed by atoms with Crippen molar-refractivity contribution in [2.24, 2.45) is 0 Å². The fourth-order valence-electron chi connectivity index (χ4n) is 4.52. The molecule has 192 valence electrons. The SMILES string of the molecule is O=C(Nc1ccc(S(=O)(=O)N2CCC(c3nc4ccccc4[nH]3)CC2)cc1)c1ccccc1C(F)(F)F. The summed E-state index contributed by atoms with van der Waals surface area (Å²) in [6.45, 7) is 0.660. The molecule has 0 radical (unpaired) electrons. The maximum absolute atomic E-state index is 13.2. The summed E-state index contributed by atoms with van der Waals surface area (Å²) in [5.41, 5.74) is 0.449. The standard InChI is InChI=1S/C26H23F3N4O3S/c27-26(28,29)21-6-2-1-5-20(21)25(34)30-18-9-11-19(12-10-18)37(35,36)33-15-13-17(14-16-33)24-31-22-7-3-4-8-23(22)32-24/h1-12,17H,13-16H2,(H,30,34)(H,31,32). The number of aromatic amines is 1. The first-order valence-corrected chi connectivity index (χ1v) is 13.1. The zero-order chi connectivity index (χ0) is 26.2. The number of carbonyl (C=O) groups excluding carboxylic acids is 1. The Balaban J connectivity index is 1.25. The molecule has 37 heavy (non-hydrogen) atoms. The lowest BCUT2D eigenvalue weighted by Gasteiger charge is -2.30. The Morgan fingerprint density at radius 1 is 0.946 bits per heavy atom. The van der Waals surface area contributed by atoms with Crippen molar-refractivity contribution in [1.82, 2.24) is 14.3 Å². The molecule has 5 rings (SSSR count). The average Bonchev–Trinajstić information content (AvgIpc) is 3.33. The van der Waals surface area contributed by atoms with Crippen LogP contribution in [0.2, 0.25) is 0 Å². The van der Waals surface area contributed by atoms with Crippen LogP contribution in [0.25, 0.3) is 11.0 Å². The highest BCUT2D eigenvalue weighted by atomic mass is 32.2. The van der Waals surface area contributed by atoms with Gasteiger partial charge in [-0.2, -0.15) is 17.5 Å². The zero-order valence-corrected chi connectivity index (χ0v) is 20.3. The van der Waals surface area contributed by atoms with Gasteiger partial charge < -0.3 is 10.3 Å².